The summed E-state index contributed by atoms with van der Waals surface area (Å²) < 4.78 is 13.9. The number of benzene rings is 2. The maximum Gasteiger partial charge on any atom is 0.272 e. The summed E-state index contributed by atoms with van der Waals surface area (Å²) in [5.74, 6) is 1.58. The standard InChI is InChI=1S/C21H20FN3OS/c1-14-6-7-15(12-17(14)22)23-19-13-20(21(26)25-8-10-27-11-9-25)24-18-5-3-2-4-16(18)19/h2-7,12-13H,8-11H2,1H3,(H,23,24). The van der Waals surface area contributed by atoms with Crippen molar-refractivity contribution in [1.82, 2.24) is 9.88 Å². The number of hydrogen-bond acceptors (Lipinski definition) is 4. The third kappa shape index (κ3) is 3.76. The monoisotopic (exact) mass is 381 g/mol. The van der Waals surface area contributed by atoms with Crippen LogP contribution in [0.1, 0.15) is 16.1 Å². The zero-order valence-electron chi connectivity index (χ0n) is 15.0. The molecule has 0 atom stereocenters. The second kappa shape index (κ2) is 7.56. The van der Waals surface area contributed by atoms with Gasteiger partial charge in [0.05, 0.1) is 11.2 Å². The molecule has 3 aromatic rings. The van der Waals surface area contributed by atoms with Crippen molar-refractivity contribution < 1.29 is 9.18 Å². The van der Waals surface area contributed by atoms with E-state index in [9.17, 15) is 9.18 Å². The van der Waals surface area contributed by atoms with E-state index in [1.165, 1.54) is 6.07 Å². The molecule has 0 radical (unpaired) electrons. The maximum atomic E-state index is 13.9. The number of carbonyl (C=O) groups is 1. The summed E-state index contributed by atoms with van der Waals surface area (Å²) in [6, 6.07) is 14.5. The molecular formula is C21H20FN3OS. The van der Waals surface area contributed by atoms with E-state index in [1.54, 1.807) is 19.1 Å². The average Bonchev–Trinajstić information content (AvgIpc) is 2.71. The molecular weight excluding hydrogens is 361 g/mol. The first-order valence-corrected chi connectivity index (χ1v) is 10.1. The Morgan fingerprint density at radius 2 is 1.93 bits per heavy atom. The summed E-state index contributed by atoms with van der Waals surface area (Å²) >= 11 is 1.86. The third-order valence-electron chi connectivity index (χ3n) is 4.68. The van der Waals surface area contributed by atoms with E-state index in [0.29, 0.717) is 16.9 Å². The van der Waals surface area contributed by atoms with E-state index in [2.05, 4.69) is 10.3 Å². The van der Waals surface area contributed by atoms with Crippen LogP contribution in [0, 0.1) is 12.7 Å². The first kappa shape index (κ1) is 17.8. The van der Waals surface area contributed by atoms with Crippen LogP contribution in [0.4, 0.5) is 15.8 Å². The van der Waals surface area contributed by atoms with Crippen LogP contribution in [0.15, 0.2) is 48.5 Å². The van der Waals surface area contributed by atoms with E-state index in [-0.39, 0.29) is 11.7 Å². The number of para-hydroxylation sites is 1. The van der Waals surface area contributed by atoms with Crippen LogP contribution >= 0.6 is 11.8 Å². The zero-order chi connectivity index (χ0) is 18.8. The first-order chi connectivity index (χ1) is 13.1. The molecule has 1 N–H and O–H groups in total. The number of anilines is 2. The number of aromatic nitrogens is 1. The van der Waals surface area contributed by atoms with Gasteiger partial charge in [0, 0.05) is 35.7 Å². The predicted molar refractivity (Wildman–Crippen MR) is 109 cm³/mol. The van der Waals surface area contributed by atoms with Crippen LogP contribution in [0.25, 0.3) is 10.9 Å². The van der Waals surface area contributed by atoms with Gasteiger partial charge in [0.2, 0.25) is 0 Å². The highest BCUT2D eigenvalue weighted by atomic mass is 32.2. The van der Waals surface area contributed by atoms with Crippen molar-refractivity contribution in [2.75, 3.05) is 29.9 Å². The first-order valence-electron chi connectivity index (χ1n) is 8.92. The van der Waals surface area contributed by atoms with Crippen molar-refractivity contribution in [2.45, 2.75) is 6.92 Å². The lowest BCUT2D eigenvalue weighted by Crippen LogP contribution is -2.38. The minimum atomic E-state index is -0.263. The lowest BCUT2D eigenvalue weighted by molar-refractivity contribution is 0.0767. The van der Waals surface area contributed by atoms with Crippen LogP contribution in [0.2, 0.25) is 0 Å². The molecule has 2 heterocycles. The van der Waals surface area contributed by atoms with Crippen LogP contribution in [0.5, 0.6) is 0 Å². The van der Waals surface area contributed by atoms with Gasteiger partial charge in [0.25, 0.3) is 5.91 Å². The highest BCUT2D eigenvalue weighted by Crippen LogP contribution is 2.28. The van der Waals surface area contributed by atoms with Crippen molar-refractivity contribution in [3.8, 4) is 0 Å². The Labute approximate surface area is 161 Å². The molecule has 0 aliphatic carbocycles. The second-order valence-corrected chi connectivity index (χ2v) is 7.79. The quantitative estimate of drug-likeness (QED) is 0.719. The van der Waals surface area contributed by atoms with Gasteiger partial charge in [0.1, 0.15) is 11.5 Å². The highest BCUT2D eigenvalue weighted by Gasteiger charge is 2.21. The van der Waals surface area contributed by atoms with Gasteiger partial charge in [-0.05, 0) is 36.8 Å². The summed E-state index contributed by atoms with van der Waals surface area (Å²) in [5, 5.41) is 4.15. The van der Waals surface area contributed by atoms with E-state index >= 15 is 0 Å². The number of fused-ring (bicyclic) bond motifs is 1. The Bertz CT molecular complexity index is 1000. The summed E-state index contributed by atoms with van der Waals surface area (Å²) in [6.07, 6.45) is 0. The Balaban J connectivity index is 1.74. The van der Waals surface area contributed by atoms with E-state index in [1.807, 2.05) is 47.0 Å². The number of halogens is 1. The van der Waals surface area contributed by atoms with Gasteiger partial charge in [-0.1, -0.05) is 24.3 Å². The SMILES string of the molecule is Cc1ccc(Nc2cc(C(=O)N3CCSCC3)nc3ccccc23)cc1F. The van der Waals surface area contributed by atoms with Crippen LogP contribution < -0.4 is 5.32 Å². The molecule has 1 amide bonds. The van der Waals surface area contributed by atoms with Crippen LogP contribution in [-0.4, -0.2) is 40.4 Å². The molecule has 0 bridgehead atoms. The molecule has 1 aliphatic heterocycles. The maximum absolute atomic E-state index is 13.9. The number of nitrogens with one attached hydrogen (secondary N) is 1. The zero-order valence-corrected chi connectivity index (χ0v) is 15.9. The second-order valence-electron chi connectivity index (χ2n) is 6.57. The molecule has 4 rings (SSSR count). The predicted octanol–water partition coefficient (Wildman–Crippen LogP) is 4.61. The molecule has 0 saturated carbocycles. The summed E-state index contributed by atoms with van der Waals surface area (Å²) in [7, 11) is 0. The van der Waals surface area contributed by atoms with Crippen molar-refractivity contribution in [3.05, 3.63) is 65.6 Å². The van der Waals surface area contributed by atoms with Crippen molar-refractivity contribution >= 4 is 39.9 Å². The van der Waals surface area contributed by atoms with Gasteiger partial charge < -0.3 is 10.2 Å². The molecule has 138 valence electrons. The van der Waals surface area contributed by atoms with Gasteiger partial charge in [-0.25, -0.2) is 9.37 Å². The fourth-order valence-electron chi connectivity index (χ4n) is 3.14. The van der Waals surface area contributed by atoms with Gasteiger partial charge >= 0.3 is 0 Å². The minimum absolute atomic E-state index is 0.0563. The number of rotatable bonds is 3. The number of nitrogens with zero attached hydrogens (tertiary/aromatic N) is 2. The number of aryl methyl sites for hydroxylation is 1. The van der Waals surface area contributed by atoms with E-state index in [4.69, 9.17) is 0 Å². The third-order valence-corrected chi connectivity index (χ3v) is 5.63. The highest BCUT2D eigenvalue weighted by molar-refractivity contribution is 7.99. The van der Waals surface area contributed by atoms with Crippen molar-refractivity contribution in [3.63, 3.8) is 0 Å². The lowest BCUT2D eigenvalue weighted by Gasteiger charge is -2.26. The Morgan fingerprint density at radius 1 is 1.15 bits per heavy atom. The lowest BCUT2D eigenvalue weighted by atomic mass is 10.1. The largest absolute Gasteiger partial charge is 0.355 e. The summed E-state index contributed by atoms with van der Waals surface area (Å²) in [5.41, 5.74) is 3.14. The number of carbonyl (C=O) groups excluding carboxylic acids is 1. The fourth-order valence-corrected chi connectivity index (χ4v) is 4.05. The minimum Gasteiger partial charge on any atom is -0.355 e. The van der Waals surface area contributed by atoms with Gasteiger partial charge in [-0.15, -0.1) is 0 Å². The molecule has 1 aliphatic rings. The molecule has 1 saturated heterocycles. The molecule has 27 heavy (non-hydrogen) atoms. The molecule has 2 aromatic carbocycles. The number of pyridine rings is 1. The Kier molecular flexibility index (Phi) is 4.99. The molecule has 0 spiro atoms. The van der Waals surface area contributed by atoms with Crippen LogP contribution in [0.3, 0.4) is 0 Å². The molecule has 4 nitrogen and oxygen atoms in total. The fraction of sp³-hybridized carbons (Fsp3) is 0.238. The van der Waals surface area contributed by atoms with Crippen molar-refractivity contribution in [2.24, 2.45) is 0 Å². The molecule has 1 aromatic heterocycles. The Hall–Kier alpha value is -2.60. The average molecular weight is 381 g/mol. The van der Waals surface area contributed by atoms with Gasteiger partial charge in [-0.2, -0.15) is 11.8 Å². The Morgan fingerprint density at radius 3 is 2.70 bits per heavy atom. The van der Waals surface area contributed by atoms with Gasteiger partial charge in [0.15, 0.2) is 0 Å². The molecule has 1 fully saturated rings. The molecule has 0 unspecified atom stereocenters. The van der Waals surface area contributed by atoms with Gasteiger partial charge in [-0.3, -0.25) is 4.79 Å². The van der Waals surface area contributed by atoms with E-state index < -0.39 is 0 Å². The van der Waals surface area contributed by atoms with Crippen LogP contribution in [-0.2, 0) is 0 Å². The normalized spacial score (nSPS) is 14.4. The van der Waals surface area contributed by atoms with E-state index in [0.717, 1.165) is 41.2 Å². The number of thioether (sulfide) groups is 1. The summed E-state index contributed by atoms with van der Waals surface area (Å²) in [6.45, 7) is 3.21. The molecule has 6 heteroatoms. The van der Waals surface area contributed by atoms with Crippen molar-refractivity contribution in [1.29, 1.82) is 0 Å². The smallest absolute Gasteiger partial charge is 0.272 e. The topological polar surface area (TPSA) is 45.2 Å². The summed E-state index contributed by atoms with van der Waals surface area (Å²) in [4.78, 5) is 19.3. The number of hydrogen-bond donors (Lipinski definition) is 1. The number of amides is 1.